The van der Waals surface area contributed by atoms with E-state index in [1.54, 1.807) is 24.3 Å². The van der Waals surface area contributed by atoms with Gasteiger partial charge in [-0.2, -0.15) is 0 Å². The molecule has 0 unspecified atom stereocenters. The molecule has 6 heteroatoms. The van der Waals surface area contributed by atoms with Crippen molar-refractivity contribution >= 4 is 33.1 Å². The van der Waals surface area contributed by atoms with Gasteiger partial charge in [0.05, 0.1) is 5.69 Å². The van der Waals surface area contributed by atoms with E-state index in [9.17, 15) is 14.3 Å². The van der Waals surface area contributed by atoms with Crippen molar-refractivity contribution < 1.29 is 14.3 Å². The van der Waals surface area contributed by atoms with E-state index in [0.29, 0.717) is 17.4 Å². The third kappa shape index (κ3) is 4.93. The van der Waals surface area contributed by atoms with E-state index in [1.165, 1.54) is 11.6 Å². The second kappa shape index (κ2) is 8.47. The number of anilines is 1. The number of hydrogen-bond donors (Lipinski definition) is 2. The first-order chi connectivity index (χ1) is 12.5. The lowest BCUT2D eigenvalue weighted by atomic mass is 9.99. The zero-order valence-electron chi connectivity index (χ0n) is 14.2. The third-order valence-corrected chi connectivity index (χ3v) is 4.88. The lowest BCUT2D eigenvalue weighted by molar-refractivity contribution is -0.116. The molecule has 1 heterocycles. The van der Waals surface area contributed by atoms with E-state index in [2.05, 4.69) is 32.2 Å². The molecular weight excluding hydrogens is 399 g/mol. The van der Waals surface area contributed by atoms with E-state index in [4.69, 9.17) is 0 Å². The first kappa shape index (κ1) is 18.6. The highest BCUT2D eigenvalue weighted by atomic mass is 79.9. The molecule has 2 N–H and O–H groups in total. The van der Waals surface area contributed by atoms with Crippen LogP contribution in [0.15, 0.2) is 53.0 Å². The molecule has 0 aromatic heterocycles. The van der Waals surface area contributed by atoms with Gasteiger partial charge in [-0.3, -0.25) is 9.69 Å². The van der Waals surface area contributed by atoms with Gasteiger partial charge in [-0.25, -0.2) is 4.39 Å². The van der Waals surface area contributed by atoms with Crippen molar-refractivity contribution in [3.8, 4) is 5.75 Å². The smallest absolute Gasteiger partial charge is 0.225 e. The number of halogens is 2. The number of hydrogen-bond acceptors (Lipinski definition) is 3. The quantitative estimate of drug-likeness (QED) is 0.755. The van der Waals surface area contributed by atoms with Crippen molar-refractivity contribution in [3.05, 3.63) is 64.4 Å². The Morgan fingerprint density at radius 2 is 2.00 bits per heavy atom. The van der Waals surface area contributed by atoms with Gasteiger partial charge in [-0.15, -0.1) is 0 Å². The molecule has 1 aliphatic heterocycles. The highest BCUT2D eigenvalue weighted by Gasteiger charge is 2.15. The Bertz CT molecular complexity index is 821. The standard InChI is InChI=1S/C20H20BrFN2O2/c21-16-3-6-19(18(22)13-16)23-20(26)9-12-24-10-7-15(8-11-24)14-1-4-17(25)5-2-14/h1-7,13,25H,8-12H2,(H,23,26). The van der Waals surface area contributed by atoms with Gasteiger partial charge in [0, 0.05) is 30.5 Å². The molecule has 26 heavy (non-hydrogen) atoms. The van der Waals surface area contributed by atoms with Crippen LogP contribution in [0, 0.1) is 5.82 Å². The van der Waals surface area contributed by atoms with Crippen LogP contribution in [0.2, 0.25) is 0 Å². The summed E-state index contributed by atoms with van der Waals surface area (Å²) in [5, 5.41) is 12.0. The van der Waals surface area contributed by atoms with Gasteiger partial charge in [0.1, 0.15) is 11.6 Å². The predicted molar refractivity (Wildman–Crippen MR) is 104 cm³/mol. The topological polar surface area (TPSA) is 52.6 Å². The van der Waals surface area contributed by atoms with Crippen LogP contribution in [-0.4, -0.2) is 35.5 Å². The Kier molecular flexibility index (Phi) is 6.06. The van der Waals surface area contributed by atoms with Crippen molar-refractivity contribution in [1.82, 2.24) is 4.90 Å². The first-order valence-corrected chi connectivity index (χ1v) is 9.26. The van der Waals surface area contributed by atoms with Crippen molar-refractivity contribution in [1.29, 1.82) is 0 Å². The molecular formula is C20H20BrFN2O2. The summed E-state index contributed by atoms with van der Waals surface area (Å²) in [4.78, 5) is 14.3. The number of phenols is 1. The van der Waals surface area contributed by atoms with Crippen LogP contribution in [0.3, 0.4) is 0 Å². The molecule has 0 saturated carbocycles. The third-order valence-electron chi connectivity index (χ3n) is 4.39. The van der Waals surface area contributed by atoms with Crippen molar-refractivity contribution in [2.75, 3.05) is 25.0 Å². The van der Waals surface area contributed by atoms with E-state index >= 15 is 0 Å². The van der Waals surface area contributed by atoms with Crippen LogP contribution in [-0.2, 0) is 4.79 Å². The van der Waals surface area contributed by atoms with E-state index in [0.717, 1.165) is 25.1 Å². The second-order valence-electron chi connectivity index (χ2n) is 6.25. The van der Waals surface area contributed by atoms with Gasteiger partial charge >= 0.3 is 0 Å². The Morgan fingerprint density at radius 3 is 2.65 bits per heavy atom. The minimum Gasteiger partial charge on any atom is -0.508 e. The first-order valence-electron chi connectivity index (χ1n) is 8.47. The molecule has 0 spiro atoms. The molecule has 0 fully saturated rings. The van der Waals surface area contributed by atoms with Crippen molar-refractivity contribution in [2.45, 2.75) is 12.8 Å². The number of carbonyl (C=O) groups excluding carboxylic acids is 1. The molecule has 3 rings (SSSR count). The summed E-state index contributed by atoms with van der Waals surface area (Å²) in [5.41, 5.74) is 2.57. The fraction of sp³-hybridized carbons (Fsp3) is 0.250. The van der Waals surface area contributed by atoms with Gasteiger partial charge < -0.3 is 10.4 Å². The summed E-state index contributed by atoms with van der Waals surface area (Å²) in [5.74, 6) is -0.383. The zero-order chi connectivity index (χ0) is 18.5. The zero-order valence-corrected chi connectivity index (χ0v) is 15.8. The van der Waals surface area contributed by atoms with Gasteiger partial charge in [-0.1, -0.05) is 34.1 Å². The summed E-state index contributed by atoms with van der Waals surface area (Å²) in [7, 11) is 0. The van der Waals surface area contributed by atoms with Gasteiger partial charge in [-0.05, 0) is 47.9 Å². The van der Waals surface area contributed by atoms with Crippen LogP contribution in [0.4, 0.5) is 10.1 Å². The number of benzene rings is 2. The van der Waals surface area contributed by atoms with Crippen LogP contribution in [0.1, 0.15) is 18.4 Å². The molecule has 0 atom stereocenters. The van der Waals surface area contributed by atoms with Gasteiger partial charge in [0.25, 0.3) is 0 Å². The lowest BCUT2D eigenvalue weighted by Gasteiger charge is -2.26. The lowest BCUT2D eigenvalue weighted by Crippen LogP contribution is -2.31. The van der Waals surface area contributed by atoms with E-state index in [-0.39, 0.29) is 17.3 Å². The maximum absolute atomic E-state index is 13.8. The fourth-order valence-corrected chi connectivity index (χ4v) is 3.25. The summed E-state index contributed by atoms with van der Waals surface area (Å²) >= 11 is 3.19. The Balaban J connectivity index is 1.48. The number of amides is 1. The second-order valence-corrected chi connectivity index (χ2v) is 7.16. The molecule has 2 aromatic carbocycles. The molecule has 0 bridgehead atoms. The fourth-order valence-electron chi connectivity index (χ4n) is 2.92. The normalized spacial score (nSPS) is 14.8. The largest absolute Gasteiger partial charge is 0.508 e. The number of rotatable bonds is 5. The summed E-state index contributed by atoms with van der Waals surface area (Å²) in [6.07, 6.45) is 3.37. The molecule has 4 nitrogen and oxygen atoms in total. The van der Waals surface area contributed by atoms with E-state index < -0.39 is 5.82 Å². The molecule has 2 aromatic rings. The van der Waals surface area contributed by atoms with Crippen LogP contribution in [0.5, 0.6) is 5.75 Å². The number of phenolic OH excluding ortho intramolecular Hbond substituents is 1. The summed E-state index contributed by atoms with van der Waals surface area (Å²) in [6, 6.07) is 11.8. The van der Waals surface area contributed by atoms with Crippen LogP contribution >= 0.6 is 15.9 Å². The Labute approximate surface area is 160 Å². The average Bonchev–Trinajstić information content (AvgIpc) is 2.63. The predicted octanol–water partition coefficient (Wildman–Crippen LogP) is 4.41. The SMILES string of the molecule is O=C(CCN1CC=C(c2ccc(O)cc2)CC1)Nc1ccc(Br)cc1F. The number of carbonyl (C=O) groups is 1. The summed E-state index contributed by atoms with van der Waals surface area (Å²) < 4.78 is 14.4. The monoisotopic (exact) mass is 418 g/mol. The number of nitrogens with zero attached hydrogens (tertiary/aromatic N) is 1. The van der Waals surface area contributed by atoms with Crippen LogP contribution in [0.25, 0.3) is 5.57 Å². The maximum Gasteiger partial charge on any atom is 0.225 e. The molecule has 136 valence electrons. The molecule has 0 saturated heterocycles. The highest BCUT2D eigenvalue weighted by molar-refractivity contribution is 9.10. The molecule has 1 aliphatic rings. The maximum atomic E-state index is 13.8. The number of nitrogens with one attached hydrogen (secondary N) is 1. The average molecular weight is 419 g/mol. The van der Waals surface area contributed by atoms with E-state index in [1.807, 2.05) is 12.1 Å². The molecule has 0 aliphatic carbocycles. The Morgan fingerprint density at radius 1 is 1.23 bits per heavy atom. The molecule has 0 radical (unpaired) electrons. The minimum absolute atomic E-state index is 0.195. The van der Waals surface area contributed by atoms with Gasteiger partial charge in [0.15, 0.2) is 0 Å². The minimum atomic E-state index is -0.452. The highest BCUT2D eigenvalue weighted by Crippen LogP contribution is 2.24. The van der Waals surface area contributed by atoms with Crippen LogP contribution < -0.4 is 5.32 Å². The molecule has 1 amide bonds. The Hall–Kier alpha value is -2.18. The van der Waals surface area contributed by atoms with Crippen molar-refractivity contribution in [3.63, 3.8) is 0 Å². The van der Waals surface area contributed by atoms with Gasteiger partial charge in [0.2, 0.25) is 5.91 Å². The number of aromatic hydroxyl groups is 1. The van der Waals surface area contributed by atoms with Crippen molar-refractivity contribution in [2.24, 2.45) is 0 Å². The summed E-state index contributed by atoms with van der Waals surface area (Å²) in [6.45, 7) is 2.27.